The van der Waals surface area contributed by atoms with Crippen molar-refractivity contribution in [2.24, 2.45) is 11.7 Å². The zero-order valence-electron chi connectivity index (χ0n) is 11.2. The highest BCUT2D eigenvalue weighted by Gasteiger charge is 2.32. The molecule has 2 N–H and O–H groups in total. The van der Waals surface area contributed by atoms with Gasteiger partial charge in [-0.2, -0.15) is 0 Å². The average Bonchev–Trinajstić information content (AvgIpc) is 2.40. The normalized spacial score (nSPS) is 30.2. The van der Waals surface area contributed by atoms with Gasteiger partial charge in [0, 0.05) is 38.8 Å². The lowest BCUT2D eigenvalue weighted by Crippen LogP contribution is -2.53. The average molecular weight is 251 g/mol. The predicted molar refractivity (Wildman–Crippen MR) is 73.2 cm³/mol. The van der Waals surface area contributed by atoms with E-state index in [4.69, 9.17) is 5.73 Å². The summed E-state index contributed by atoms with van der Waals surface area (Å²) < 4.78 is 0. The number of nitrogens with two attached hydrogens (primary N) is 1. The molecule has 0 aromatic rings. The van der Waals surface area contributed by atoms with Gasteiger partial charge in [-0.15, -0.1) is 6.58 Å². The maximum atomic E-state index is 12.4. The molecule has 1 aliphatic carbocycles. The molecular formula is C14H25N3O. The minimum absolute atomic E-state index is 0.0738. The third-order valence-electron chi connectivity index (χ3n) is 4.21. The molecule has 2 fully saturated rings. The first-order valence-electron chi connectivity index (χ1n) is 7.10. The molecule has 0 spiro atoms. The van der Waals surface area contributed by atoms with Crippen molar-refractivity contribution >= 4 is 5.91 Å². The molecule has 1 saturated carbocycles. The predicted octanol–water partition coefficient (Wildman–Crippen LogP) is 0.834. The third kappa shape index (κ3) is 3.12. The quantitative estimate of drug-likeness (QED) is 0.756. The zero-order valence-corrected chi connectivity index (χ0v) is 11.2. The minimum Gasteiger partial charge on any atom is -0.340 e. The summed E-state index contributed by atoms with van der Waals surface area (Å²) in [7, 11) is 0. The summed E-state index contributed by atoms with van der Waals surface area (Å²) in [6, 6.07) is 0.0810. The maximum absolute atomic E-state index is 12.4. The highest BCUT2D eigenvalue weighted by atomic mass is 16.2. The van der Waals surface area contributed by atoms with Gasteiger partial charge in [0.15, 0.2) is 0 Å². The van der Waals surface area contributed by atoms with Crippen LogP contribution in [0.4, 0.5) is 0 Å². The Morgan fingerprint density at radius 2 is 1.89 bits per heavy atom. The van der Waals surface area contributed by atoms with Crippen LogP contribution in [0.5, 0.6) is 0 Å². The van der Waals surface area contributed by atoms with E-state index in [0.29, 0.717) is 5.91 Å². The third-order valence-corrected chi connectivity index (χ3v) is 4.21. The van der Waals surface area contributed by atoms with E-state index < -0.39 is 0 Å². The molecule has 1 heterocycles. The van der Waals surface area contributed by atoms with Crippen LogP contribution in [0.1, 0.15) is 25.7 Å². The molecule has 102 valence electrons. The van der Waals surface area contributed by atoms with Crippen LogP contribution in [0.2, 0.25) is 0 Å². The molecule has 18 heavy (non-hydrogen) atoms. The molecule has 4 nitrogen and oxygen atoms in total. The molecule has 0 radical (unpaired) electrons. The van der Waals surface area contributed by atoms with Gasteiger partial charge in [-0.25, -0.2) is 0 Å². The molecule has 0 aromatic heterocycles. The van der Waals surface area contributed by atoms with Crippen LogP contribution in [0.25, 0.3) is 0 Å². The largest absolute Gasteiger partial charge is 0.340 e. The van der Waals surface area contributed by atoms with Crippen molar-refractivity contribution < 1.29 is 4.79 Å². The summed E-state index contributed by atoms with van der Waals surface area (Å²) in [6.45, 7) is 8.28. The Hall–Kier alpha value is -0.870. The molecule has 2 rings (SSSR count). The summed E-state index contributed by atoms with van der Waals surface area (Å²) in [5, 5.41) is 0. The maximum Gasteiger partial charge on any atom is 0.227 e. The first-order valence-corrected chi connectivity index (χ1v) is 7.10. The van der Waals surface area contributed by atoms with Crippen molar-refractivity contribution in [3.05, 3.63) is 12.7 Å². The number of hydrogen-bond acceptors (Lipinski definition) is 3. The van der Waals surface area contributed by atoms with Gasteiger partial charge in [-0.05, 0) is 12.8 Å². The summed E-state index contributed by atoms with van der Waals surface area (Å²) in [6.07, 6.45) is 6.24. The van der Waals surface area contributed by atoms with Gasteiger partial charge in [-0.1, -0.05) is 18.9 Å². The fourth-order valence-corrected chi connectivity index (χ4v) is 3.03. The topological polar surface area (TPSA) is 49.6 Å². The molecular weight excluding hydrogens is 226 g/mol. The number of rotatable bonds is 3. The Kier molecular flexibility index (Phi) is 4.78. The minimum atomic E-state index is 0.0738. The molecule has 1 saturated heterocycles. The number of hydrogen-bond donors (Lipinski definition) is 1. The zero-order chi connectivity index (χ0) is 13.0. The standard InChI is InChI=1S/C14H25N3O/c1-2-7-16-8-10-17(11-9-16)14(18)12-5-3-4-6-13(12)15/h2,12-13H,1,3-11,15H2. The van der Waals surface area contributed by atoms with Gasteiger partial charge in [-0.3, -0.25) is 9.69 Å². The van der Waals surface area contributed by atoms with Crippen molar-refractivity contribution in [2.75, 3.05) is 32.7 Å². The van der Waals surface area contributed by atoms with Crippen molar-refractivity contribution in [3.63, 3.8) is 0 Å². The fourth-order valence-electron chi connectivity index (χ4n) is 3.03. The molecule has 0 bridgehead atoms. The number of nitrogens with zero attached hydrogens (tertiary/aromatic N) is 2. The summed E-state index contributed by atoms with van der Waals surface area (Å²) in [5.41, 5.74) is 6.09. The van der Waals surface area contributed by atoms with Crippen LogP contribution in [-0.2, 0) is 4.79 Å². The van der Waals surface area contributed by atoms with E-state index in [-0.39, 0.29) is 12.0 Å². The van der Waals surface area contributed by atoms with E-state index in [1.165, 1.54) is 6.42 Å². The first-order chi connectivity index (χ1) is 8.72. The SMILES string of the molecule is C=CCN1CCN(C(=O)C2CCCCC2N)CC1. The first kappa shape index (κ1) is 13.6. The van der Waals surface area contributed by atoms with Gasteiger partial charge < -0.3 is 10.6 Å². The summed E-state index contributed by atoms with van der Waals surface area (Å²) in [5.74, 6) is 0.366. The van der Waals surface area contributed by atoms with E-state index in [1.807, 2.05) is 11.0 Å². The van der Waals surface area contributed by atoms with E-state index >= 15 is 0 Å². The highest BCUT2D eigenvalue weighted by molar-refractivity contribution is 5.79. The smallest absolute Gasteiger partial charge is 0.227 e. The molecule has 2 atom stereocenters. The number of carbonyl (C=O) groups excluding carboxylic acids is 1. The van der Waals surface area contributed by atoms with Crippen molar-refractivity contribution in [2.45, 2.75) is 31.7 Å². The van der Waals surface area contributed by atoms with Gasteiger partial charge in [0.05, 0.1) is 5.92 Å². The van der Waals surface area contributed by atoms with Gasteiger partial charge in [0.25, 0.3) is 0 Å². The molecule has 0 aromatic carbocycles. The van der Waals surface area contributed by atoms with Crippen LogP contribution >= 0.6 is 0 Å². The van der Waals surface area contributed by atoms with E-state index in [0.717, 1.165) is 52.0 Å². The van der Waals surface area contributed by atoms with Gasteiger partial charge in [0.1, 0.15) is 0 Å². The van der Waals surface area contributed by atoms with Crippen LogP contribution in [-0.4, -0.2) is 54.5 Å². The number of amides is 1. The second-order valence-electron chi connectivity index (χ2n) is 5.47. The second-order valence-corrected chi connectivity index (χ2v) is 5.47. The summed E-state index contributed by atoms with van der Waals surface area (Å²) >= 11 is 0. The molecule has 1 aliphatic heterocycles. The number of piperazine rings is 1. The Labute approximate surface area is 110 Å². The fraction of sp³-hybridized carbons (Fsp3) is 0.786. The van der Waals surface area contributed by atoms with Crippen LogP contribution < -0.4 is 5.73 Å². The molecule has 4 heteroatoms. The molecule has 2 unspecified atom stereocenters. The monoisotopic (exact) mass is 251 g/mol. The highest BCUT2D eigenvalue weighted by Crippen LogP contribution is 2.25. The van der Waals surface area contributed by atoms with Crippen LogP contribution in [0.15, 0.2) is 12.7 Å². The van der Waals surface area contributed by atoms with Gasteiger partial charge in [0.2, 0.25) is 5.91 Å². The number of carbonyl (C=O) groups is 1. The van der Waals surface area contributed by atoms with Gasteiger partial charge >= 0.3 is 0 Å². The van der Waals surface area contributed by atoms with E-state index in [9.17, 15) is 4.79 Å². The van der Waals surface area contributed by atoms with Crippen LogP contribution in [0.3, 0.4) is 0 Å². The molecule has 2 aliphatic rings. The van der Waals surface area contributed by atoms with Crippen LogP contribution in [0, 0.1) is 5.92 Å². The lowest BCUT2D eigenvalue weighted by atomic mass is 9.84. The Balaban J connectivity index is 1.84. The lowest BCUT2D eigenvalue weighted by Gasteiger charge is -2.38. The Bertz CT molecular complexity index is 297. The van der Waals surface area contributed by atoms with Crippen molar-refractivity contribution in [3.8, 4) is 0 Å². The van der Waals surface area contributed by atoms with Crippen molar-refractivity contribution in [1.29, 1.82) is 0 Å². The van der Waals surface area contributed by atoms with E-state index in [2.05, 4.69) is 11.5 Å². The Morgan fingerprint density at radius 3 is 2.50 bits per heavy atom. The van der Waals surface area contributed by atoms with Crippen molar-refractivity contribution in [1.82, 2.24) is 9.80 Å². The second kappa shape index (κ2) is 6.34. The van der Waals surface area contributed by atoms with E-state index in [1.54, 1.807) is 0 Å². The molecule has 1 amide bonds. The Morgan fingerprint density at radius 1 is 1.22 bits per heavy atom. The lowest BCUT2D eigenvalue weighted by molar-refractivity contribution is -0.138. The summed E-state index contributed by atoms with van der Waals surface area (Å²) in [4.78, 5) is 16.8.